The van der Waals surface area contributed by atoms with Gasteiger partial charge in [-0.2, -0.15) is 0 Å². The summed E-state index contributed by atoms with van der Waals surface area (Å²) in [7, 11) is -2.81. The number of hydrogen-bond acceptors (Lipinski definition) is 7. The molecule has 2 atom stereocenters. The smallest absolute Gasteiger partial charge is 0.279 e. The molecule has 30 heavy (non-hydrogen) atoms. The molecule has 2 unspecified atom stereocenters. The first-order valence-electron chi connectivity index (χ1n) is 9.12. The van der Waals surface area contributed by atoms with Crippen LogP contribution in [-0.4, -0.2) is 50.7 Å². The van der Waals surface area contributed by atoms with Crippen molar-refractivity contribution in [1.82, 2.24) is 5.48 Å². The lowest BCUT2D eigenvalue weighted by Gasteiger charge is -2.39. The van der Waals surface area contributed by atoms with Crippen LogP contribution in [0.3, 0.4) is 0 Å². The molecular weight excluding hydrogens is 417 g/mol. The number of hydrogen-bond donors (Lipinski definition) is 2. The van der Waals surface area contributed by atoms with E-state index in [0.717, 1.165) is 5.56 Å². The Labute approximate surface area is 173 Å². The van der Waals surface area contributed by atoms with Gasteiger partial charge in [0.15, 0.2) is 15.4 Å². The SMILES string of the molecule is COC1(C(=O)NO)COCCC1S(=O)(=O)c1ccc(OCc2ccc(F)cc2)cc1. The van der Waals surface area contributed by atoms with Gasteiger partial charge < -0.3 is 14.2 Å². The van der Waals surface area contributed by atoms with Crippen molar-refractivity contribution in [2.45, 2.75) is 28.8 Å². The molecule has 1 aliphatic heterocycles. The number of nitrogens with one attached hydrogen (secondary N) is 1. The van der Waals surface area contributed by atoms with Crippen molar-refractivity contribution in [3.63, 3.8) is 0 Å². The molecule has 2 aromatic carbocycles. The van der Waals surface area contributed by atoms with E-state index in [-0.39, 0.29) is 37.0 Å². The zero-order valence-electron chi connectivity index (χ0n) is 16.2. The van der Waals surface area contributed by atoms with E-state index < -0.39 is 26.6 Å². The van der Waals surface area contributed by atoms with Gasteiger partial charge in [0.1, 0.15) is 23.4 Å². The topological polar surface area (TPSA) is 111 Å². The molecule has 162 valence electrons. The van der Waals surface area contributed by atoms with Gasteiger partial charge in [0, 0.05) is 13.7 Å². The Kier molecular flexibility index (Phi) is 6.71. The van der Waals surface area contributed by atoms with Crippen molar-refractivity contribution >= 4 is 15.7 Å². The first-order valence-corrected chi connectivity index (χ1v) is 10.7. The largest absolute Gasteiger partial charge is 0.489 e. The van der Waals surface area contributed by atoms with Gasteiger partial charge in [-0.1, -0.05) is 12.1 Å². The molecule has 2 aromatic rings. The van der Waals surface area contributed by atoms with Crippen LogP contribution in [0.1, 0.15) is 12.0 Å². The van der Waals surface area contributed by atoms with Crippen LogP contribution in [0.25, 0.3) is 0 Å². The number of hydroxylamine groups is 1. The zero-order chi connectivity index (χ0) is 21.8. The maximum absolute atomic E-state index is 13.2. The lowest BCUT2D eigenvalue weighted by molar-refractivity contribution is -0.167. The lowest BCUT2D eigenvalue weighted by atomic mass is 9.95. The number of carbonyl (C=O) groups excluding carboxylic acids is 1. The molecule has 8 nitrogen and oxygen atoms in total. The Morgan fingerprint density at radius 2 is 1.90 bits per heavy atom. The maximum Gasteiger partial charge on any atom is 0.279 e. The van der Waals surface area contributed by atoms with E-state index in [1.54, 1.807) is 12.1 Å². The predicted octanol–water partition coefficient (Wildman–Crippen LogP) is 1.86. The average Bonchev–Trinajstić information content (AvgIpc) is 2.78. The second-order valence-corrected chi connectivity index (χ2v) is 8.93. The van der Waals surface area contributed by atoms with Crippen molar-refractivity contribution in [3.05, 3.63) is 59.9 Å². The summed E-state index contributed by atoms with van der Waals surface area (Å²) in [5, 5.41) is 7.83. The van der Waals surface area contributed by atoms with E-state index in [4.69, 9.17) is 19.4 Å². The molecule has 1 aliphatic rings. The van der Waals surface area contributed by atoms with Crippen LogP contribution < -0.4 is 10.2 Å². The molecule has 2 N–H and O–H groups in total. The molecular formula is C20H22FNO7S. The number of halogens is 1. The average molecular weight is 439 g/mol. The van der Waals surface area contributed by atoms with Crippen LogP contribution in [0, 0.1) is 5.82 Å². The fourth-order valence-corrected chi connectivity index (χ4v) is 5.40. The van der Waals surface area contributed by atoms with E-state index >= 15 is 0 Å². The first-order chi connectivity index (χ1) is 14.3. The lowest BCUT2D eigenvalue weighted by Crippen LogP contribution is -2.63. The minimum Gasteiger partial charge on any atom is -0.489 e. The van der Waals surface area contributed by atoms with Gasteiger partial charge in [-0.3, -0.25) is 10.0 Å². The van der Waals surface area contributed by atoms with E-state index in [2.05, 4.69) is 0 Å². The van der Waals surface area contributed by atoms with Crippen molar-refractivity contribution in [2.24, 2.45) is 0 Å². The van der Waals surface area contributed by atoms with Gasteiger partial charge in [-0.15, -0.1) is 0 Å². The fraction of sp³-hybridized carbons (Fsp3) is 0.350. The quantitative estimate of drug-likeness (QED) is 0.500. The van der Waals surface area contributed by atoms with Gasteiger partial charge in [-0.25, -0.2) is 18.3 Å². The summed E-state index contributed by atoms with van der Waals surface area (Å²) in [5.74, 6) is -0.905. The van der Waals surface area contributed by atoms with Crippen LogP contribution >= 0.6 is 0 Å². The van der Waals surface area contributed by atoms with Crippen molar-refractivity contribution in [3.8, 4) is 5.75 Å². The number of rotatable bonds is 7. The second kappa shape index (κ2) is 9.09. The Hall–Kier alpha value is -2.53. The summed E-state index contributed by atoms with van der Waals surface area (Å²) in [5.41, 5.74) is 0.361. The summed E-state index contributed by atoms with van der Waals surface area (Å²) in [4.78, 5) is 12.2. The number of benzene rings is 2. The highest BCUT2D eigenvalue weighted by molar-refractivity contribution is 7.92. The fourth-order valence-electron chi connectivity index (χ4n) is 3.37. The van der Waals surface area contributed by atoms with E-state index in [1.165, 1.54) is 49.0 Å². The highest BCUT2D eigenvalue weighted by atomic mass is 32.2. The normalized spacial score (nSPS) is 21.8. The molecule has 3 rings (SSSR count). The van der Waals surface area contributed by atoms with Crippen molar-refractivity contribution in [1.29, 1.82) is 0 Å². The van der Waals surface area contributed by atoms with Gasteiger partial charge in [0.2, 0.25) is 0 Å². The van der Waals surface area contributed by atoms with Gasteiger partial charge >= 0.3 is 0 Å². The second-order valence-electron chi connectivity index (χ2n) is 6.80. The third-order valence-corrected chi connectivity index (χ3v) is 7.35. The van der Waals surface area contributed by atoms with E-state index in [0.29, 0.717) is 5.75 Å². The third kappa shape index (κ3) is 4.31. The summed E-state index contributed by atoms with van der Waals surface area (Å²) in [6, 6.07) is 11.6. The molecule has 0 aromatic heterocycles. The van der Waals surface area contributed by atoms with Crippen molar-refractivity contribution in [2.75, 3.05) is 20.3 Å². The molecule has 1 amide bonds. The Balaban J connectivity index is 1.79. The molecule has 10 heteroatoms. The molecule has 1 saturated heterocycles. The minimum absolute atomic E-state index is 0.0179. The van der Waals surface area contributed by atoms with Crippen LogP contribution in [0.15, 0.2) is 53.4 Å². The first kappa shape index (κ1) is 22.2. The molecule has 1 fully saturated rings. The standard InChI is InChI=1S/C20H22FNO7S/c1-27-20(19(23)22-24)13-28-11-10-18(20)30(25,26)17-8-6-16(7-9-17)29-12-14-2-4-15(21)5-3-14/h2-9,18,24H,10-13H2,1H3,(H,22,23). The zero-order valence-corrected chi connectivity index (χ0v) is 17.0. The molecule has 1 heterocycles. The predicted molar refractivity (Wildman–Crippen MR) is 103 cm³/mol. The van der Waals surface area contributed by atoms with Gasteiger partial charge in [-0.05, 0) is 48.4 Å². The number of amides is 1. The van der Waals surface area contributed by atoms with Crippen molar-refractivity contribution < 1.29 is 37.0 Å². The Morgan fingerprint density at radius 1 is 1.23 bits per heavy atom. The summed E-state index contributed by atoms with van der Waals surface area (Å²) in [6.45, 7) is 0.0149. The molecule has 0 radical (unpaired) electrons. The van der Waals surface area contributed by atoms with Crippen LogP contribution in [0.4, 0.5) is 4.39 Å². The van der Waals surface area contributed by atoms with Crippen LogP contribution in [0.5, 0.6) is 5.75 Å². The molecule has 0 saturated carbocycles. The van der Waals surface area contributed by atoms with E-state index in [1.807, 2.05) is 0 Å². The molecule has 0 bridgehead atoms. The Bertz CT molecular complexity index is 979. The molecule has 0 aliphatic carbocycles. The summed E-state index contributed by atoms with van der Waals surface area (Å²) >= 11 is 0. The summed E-state index contributed by atoms with van der Waals surface area (Å²) < 4.78 is 55.5. The van der Waals surface area contributed by atoms with Gasteiger partial charge in [0.05, 0.1) is 11.5 Å². The van der Waals surface area contributed by atoms with Crippen LogP contribution in [-0.2, 0) is 30.7 Å². The highest BCUT2D eigenvalue weighted by Crippen LogP contribution is 2.34. The molecule has 0 spiro atoms. The van der Waals surface area contributed by atoms with Gasteiger partial charge in [0.25, 0.3) is 5.91 Å². The minimum atomic E-state index is -4.00. The number of ether oxygens (including phenoxy) is 3. The monoisotopic (exact) mass is 439 g/mol. The third-order valence-electron chi connectivity index (χ3n) is 5.06. The van der Waals surface area contributed by atoms with E-state index in [9.17, 15) is 17.6 Å². The highest BCUT2D eigenvalue weighted by Gasteiger charge is 2.55. The summed E-state index contributed by atoms with van der Waals surface area (Å²) in [6.07, 6.45) is 0.0202. The Morgan fingerprint density at radius 3 is 2.50 bits per heavy atom. The number of sulfone groups is 1. The number of methoxy groups -OCH3 is 1. The van der Waals surface area contributed by atoms with Crippen LogP contribution in [0.2, 0.25) is 0 Å². The maximum atomic E-state index is 13.2. The number of carbonyl (C=O) groups is 1.